The zero-order valence-electron chi connectivity index (χ0n) is 10.9. The van der Waals surface area contributed by atoms with Gasteiger partial charge < -0.3 is 5.11 Å². The molecule has 0 aliphatic heterocycles. The lowest BCUT2D eigenvalue weighted by atomic mass is 10.2. The van der Waals surface area contributed by atoms with Gasteiger partial charge in [0.25, 0.3) is 10.0 Å². The first-order valence-electron chi connectivity index (χ1n) is 5.75. The number of pyridine rings is 1. The number of halogens is 1. The van der Waals surface area contributed by atoms with Crippen molar-refractivity contribution in [2.75, 3.05) is 11.4 Å². The summed E-state index contributed by atoms with van der Waals surface area (Å²) in [5.41, 5.74) is 0.452. The van der Waals surface area contributed by atoms with Crippen molar-refractivity contribution in [2.24, 2.45) is 0 Å². The molecule has 0 amide bonds. The van der Waals surface area contributed by atoms with Crippen molar-refractivity contribution >= 4 is 37.6 Å². The molecule has 6 nitrogen and oxygen atoms in total. The summed E-state index contributed by atoms with van der Waals surface area (Å²) >= 11 is 3.17. The molecule has 1 heterocycles. The molecule has 0 radical (unpaired) electrons. The van der Waals surface area contributed by atoms with Crippen LogP contribution >= 0.6 is 15.9 Å². The predicted molar refractivity (Wildman–Crippen MR) is 80.9 cm³/mol. The summed E-state index contributed by atoms with van der Waals surface area (Å²) in [7, 11) is -2.36. The van der Waals surface area contributed by atoms with Crippen molar-refractivity contribution < 1.29 is 18.3 Å². The average Bonchev–Trinajstić information content (AvgIpc) is 2.46. The molecule has 2 rings (SSSR count). The van der Waals surface area contributed by atoms with Crippen LogP contribution in [0.3, 0.4) is 0 Å². The van der Waals surface area contributed by atoms with Gasteiger partial charge in [0, 0.05) is 23.9 Å². The minimum atomic E-state index is -3.75. The van der Waals surface area contributed by atoms with E-state index in [1.807, 2.05) is 0 Å². The number of aromatic carboxylic acids is 1. The highest BCUT2D eigenvalue weighted by Crippen LogP contribution is 2.23. The highest BCUT2D eigenvalue weighted by molar-refractivity contribution is 9.10. The highest BCUT2D eigenvalue weighted by Gasteiger charge is 2.22. The molecule has 0 fully saturated rings. The van der Waals surface area contributed by atoms with E-state index in [0.717, 1.165) is 4.31 Å². The van der Waals surface area contributed by atoms with Gasteiger partial charge in [0.05, 0.1) is 11.3 Å². The van der Waals surface area contributed by atoms with E-state index >= 15 is 0 Å². The molecule has 0 saturated carbocycles. The molecule has 110 valence electrons. The standard InChI is InChI=1S/C13H11BrN2O4S/c1-16(11-4-2-9(3-5-11)13(17)18)21(19,20)12-6-10(14)7-15-8-12/h2-8H,1H3,(H,17,18). The minimum Gasteiger partial charge on any atom is -0.478 e. The van der Waals surface area contributed by atoms with Gasteiger partial charge in [-0.15, -0.1) is 0 Å². The van der Waals surface area contributed by atoms with E-state index < -0.39 is 16.0 Å². The molecular weight excluding hydrogens is 360 g/mol. The number of rotatable bonds is 4. The molecule has 2 aromatic rings. The normalized spacial score (nSPS) is 11.1. The molecular formula is C13H11BrN2O4S. The van der Waals surface area contributed by atoms with E-state index in [-0.39, 0.29) is 10.5 Å². The zero-order chi connectivity index (χ0) is 15.6. The van der Waals surface area contributed by atoms with Crippen molar-refractivity contribution in [1.29, 1.82) is 0 Å². The van der Waals surface area contributed by atoms with Gasteiger partial charge in [-0.2, -0.15) is 0 Å². The lowest BCUT2D eigenvalue weighted by Crippen LogP contribution is -2.26. The third kappa shape index (κ3) is 3.22. The quantitative estimate of drug-likeness (QED) is 0.892. The molecule has 0 bridgehead atoms. The summed E-state index contributed by atoms with van der Waals surface area (Å²) in [6.45, 7) is 0. The monoisotopic (exact) mass is 370 g/mol. The van der Waals surface area contributed by atoms with Crippen LogP contribution in [0.25, 0.3) is 0 Å². The molecule has 0 saturated heterocycles. The van der Waals surface area contributed by atoms with Crippen LogP contribution in [-0.4, -0.2) is 31.5 Å². The number of carboxylic acids is 1. The number of hydrogen-bond acceptors (Lipinski definition) is 4. The lowest BCUT2D eigenvalue weighted by Gasteiger charge is -2.19. The van der Waals surface area contributed by atoms with E-state index in [4.69, 9.17) is 5.11 Å². The SMILES string of the molecule is CN(c1ccc(C(=O)O)cc1)S(=O)(=O)c1cncc(Br)c1. The maximum atomic E-state index is 12.5. The van der Waals surface area contributed by atoms with Crippen LogP contribution in [0, 0.1) is 0 Å². The Morgan fingerprint density at radius 2 is 1.86 bits per heavy atom. The number of sulfonamides is 1. The number of nitrogens with zero attached hydrogens (tertiary/aromatic N) is 2. The molecule has 0 atom stereocenters. The average molecular weight is 371 g/mol. The number of hydrogen-bond donors (Lipinski definition) is 1. The van der Waals surface area contributed by atoms with Gasteiger partial charge in [-0.3, -0.25) is 9.29 Å². The second kappa shape index (κ2) is 5.82. The zero-order valence-corrected chi connectivity index (χ0v) is 13.3. The van der Waals surface area contributed by atoms with Gasteiger partial charge in [-0.05, 0) is 46.3 Å². The highest BCUT2D eigenvalue weighted by atomic mass is 79.9. The first kappa shape index (κ1) is 15.5. The molecule has 21 heavy (non-hydrogen) atoms. The van der Waals surface area contributed by atoms with E-state index in [1.54, 1.807) is 0 Å². The Kier molecular flexibility index (Phi) is 4.29. The van der Waals surface area contributed by atoms with Gasteiger partial charge >= 0.3 is 5.97 Å². The number of aromatic nitrogens is 1. The van der Waals surface area contributed by atoms with Crippen molar-refractivity contribution in [3.63, 3.8) is 0 Å². The number of anilines is 1. The van der Waals surface area contributed by atoms with Crippen LogP contribution in [0.1, 0.15) is 10.4 Å². The van der Waals surface area contributed by atoms with Gasteiger partial charge in [0.1, 0.15) is 4.90 Å². The third-order valence-electron chi connectivity index (χ3n) is 2.82. The topological polar surface area (TPSA) is 87.6 Å². The van der Waals surface area contributed by atoms with Gasteiger partial charge in [0.2, 0.25) is 0 Å². The maximum Gasteiger partial charge on any atom is 0.335 e. The first-order chi connectivity index (χ1) is 9.82. The molecule has 1 N–H and O–H groups in total. The van der Waals surface area contributed by atoms with Crippen LogP contribution in [0.4, 0.5) is 5.69 Å². The van der Waals surface area contributed by atoms with Crippen molar-refractivity contribution in [2.45, 2.75) is 4.90 Å². The Morgan fingerprint density at radius 1 is 1.24 bits per heavy atom. The molecule has 0 aliphatic carbocycles. The molecule has 1 aromatic carbocycles. The number of benzene rings is 1. The minimum absolute atomic E-state index is 0.0432. The van der Waals surface area contributed by atoms with Crippen molar-refractivity contribution in [3.8, 4) is 0 Å². The second-order valence-electron chi connectivity index (χ2n) is 4.16. The molecule has 0 spiro atoms. The van der Waals surface area contributed by atoms with Gasteiger partial charge in [-0.25, -0.2) is 13.2 Å². The summed E-state index contributed by atoms with van der Waals surface area (Å²) < 4.78 is 26.5. The van der Waals surface area contributed by atoms with E-state index in [1.165, 1.54) is 49.8 Å². The molecule has 8 heteroatoms. The third-order valence-corrected chi connectivity index (χ3v) is 5.00. The maximum absolute atomic E-state index is 12.5. The fourth-order valence-corrected chi connectivity index (χ4v) is 3.35. The van der Waals surface area contributed by atoms with E-state index in [9.17, 15) is 13.2 Å². The van der Waals surface area contributed by atoms with E-state index in [2.05, 4.69) is 20.9 Å². The fourth-order valence-electron chi connectivity index (χ4n) is 1.64. The molecule has 0 aliphatic rings. The Hall–Kier alpha value is -1.93. The lowest BCUT2D eigenvalue weighted by molar-refractivity contribution is 0.0697. The van der Waals surface area contributed by atoms with Crippen LogP contribution in [0.2, 0.25) is 0 Å². The summed E-state index contributed by atoms with van der Waals surface area (Å²) in [5, 5.41) is 8.84. The van der Waals surface area contributed by atoms with Crippen molar-refractivity contribution in [3.05, 3.63) is 52.8 Å². The predicted octanol–water partition coefficient (Wildman–Crippen LogP) is 2.37. The Balaban J connectivity index is 2.38. The summed E-state index contributed by atoms with van der Waals surface area (Å²) in [5.74, 6) is -1.07. The van der Waals surface area contributed by atoms with Gasteiger partial charge in [-0.1, -0.05) is 0 Å². The summed E-state index contributed by atoms with van der Waals surface area (Å²) in [6.07, 6.45) is 2.74. The molecule has 1 aromatic heterocycles. The molecule has 0 unspecified atom stereocenters. The smallest absolute Gasteiger partial charge is 0.335 e. The van der Waals surface area contributed by atoms with Crippen molar-refractivity contribution in [1.82, 2.24) is 4.98 Å². The summed E-state index contributed by atoms with van der Waals surface area (Å²) in [4.78, 5) is 14.7. The Morgan fingerprint density at radius 3 is 2.38 bits per heavy atom. The summed E-state index contributed by atoms with van der Waals surface area (Å²) in [6, 6.07) is 7.02. The first-order valence-corrected chi connectivity index (χ1v) is 7.98. The number of carbonyl (C=O) groups is 1. The van der Waals surface area contributed by atoms with E-state index in [0.29, 0.717) is 10.2 Å². The van der Waals surface area contributed by atoms with Gasteiger partial charge in [0.15, 0.2) is 0 Å². The Labute approximate surface area is 130 Å². The van der Waals surface area contributed by atoms with Crippen LogP contribution in [-0.2, 0) is 10.0 Å². The van der Waals surface area contributed by atoms with Crippen LogP contribution < -0.4 is 4.31 Å². The largest absolute Gasteiger partial charge is 0.478 e. The fraction of sp³-hybridized carbons (Fsp3) is 0.0769. The van der Waals surface area contributed by atoms with Crippen LogP contribution in [0.15, 0.2) is 52.1 Å². The second-order valence-corrected chi connectivity index (χ2v) is 7.05. The Bertz CT molecular complexity index is 775. The van der Waals surface area contributed by atoms with Crippen LogP contribution in [0.5, 0.6) is 0 Å². The number of carboxylic acid groups (broad SMARTS) is 1.